The van der Waals surface area contributed by atoms with E-state index in [4.69, 9.17) is 11.6 Å². The summed E-state index contributed by atoms with van der Waals surface area (Å²) in [5, 5.41) is 2.52. The molecule has 120 valence electrons. The minimum absolute atomic E-state index is 0.0963. The van der Waals surface area contributed by atoms with Crippen LogP contribution in [0.5, 0.6) is 0 Å². The molecule has 0 aliphatic heterocycles. The van der Waals surface area contributed by atoms with Gasteiger partial charge < -0.3 is 5.32 Å². The second-order valence-electron chi connectivity index (χ2n) is 4.78. The lowest BCUT2D eigenvalue weighted by molar-refractivity contribution is -0.137. The number of aromatic nitrogens is 2. The van der Waals surface area contributed by atoms with E-state index >= 15 is 0 Å². The van der Waals surface area contributed by atoms with E-state index in [-0.39, 0.29) is 16.4 Å². The van der Waals surface area contributed by atoms with Gasteiger partial charge in [0.2, 0.25) is 0 Å². The fourth-order valence-electron chi connectivity index (χ4n) is 2.12. The molecule has 2 rings (SSSR count). The van der Waals surface area contributed by atoms with Gasteiger partial charge in [-0.25, -0.2) is 4.98 Å². The van der Waals surface area contributed by atoms with Crippen molar-refractivity contribution in [2.45, 2.75) is 32.9 Å². The van der Waals surface area contributed by atoms with Crippen LogP contribution in [0.4, 0.5) is 13.2 Å². The summed E-state index contributed by atoms with van der Waals surface area (Å²) in [6.45, 7) is 4.09. The van der Waals surface area contributed by atoms with Crippen molar-refractivity contribution in [3.05, 3.63) is 34.2 Å². The number of imidazole rings is 1. The molecule has 0 fully saturated rings. The van der Waals surface area contributed by atoms with Gasteiger partial charge in [0.15, 0.2) is 5.65 Å². The Kier molecular flexibility index (Phi) is 4.65. The standard InChI is InChI=1S/C14H15ClF3N3O/c1-3-5-19-13(22)11-10(4-2)20-12-9(15)6-8(7-21(11)12)14(16,17)18/h6-7H,3-5H2,1-2H3,(H,19,22). The predicted molar refractivity (Wildman–Crippen MR) is 77.2 cm³/mol. The lowest BCUT2D eigenvalue weighted by Gasteiger charge is -2.10. The molecule has 0 radical (unpaired) electrons. The van der Waals surface area contributed by atoms with Crippen molar-refractivity contribution in [1.82, 2.24) is 14.7 Å². The highest BCUT2D eigenvalue weighted by Crippen LogP contribution is 2.33. The molecule has 0 spiro atoms. The largest absolute Gasteiger partial charge is 0.417 e. The number of nitrogens with zero attached hydrogens (tertiary/aromatic N) is 2. The molecule has 8 heteroatoms. The molecule has 0 saturated heterocycles. The first-order valence-corrected chi connectivity index (χ1v) is 7.23. The second-order valence-corrected chi connectivity index (χ2v) is 5.19. The number of aryl methyl sites for hydroxylation is 1. The smallest absolute Gasteiger partial charge is 0.351 e. The van der Waals surface area contributed by atoms with E-state index < -0.39 is 17.6 Å². The molecule has 4 nitrogen and oxygen atoms in total. The molecule has 2 aromatic rings. The normalized spacial score (nSPS) is 11.9. The van der Waals surface area contributed by atoms with Gasteiger partial charge in [0, 0.05) is 12.7 Å². The fraction of sp³-hybridized carbons (Fsp3) is 0.429. The molecule has 0 aliphatic carbocycles. The topological polar surface area (TPSA) is 46.4 Å². The number of nitrogens with one attached hydrogen (secondary N) is 1. The molecule has 0 bridgehead atoms. The average molecular weight is 334 g/mol. The van der Waals surface area contributed by atoms with Crippen LogP contribution in [0.15, 0.2) is 12.3 Å². The third-order valence-electron chi connectivity index (χ3n) is 3.16. The van der Waals surface area contributed by atoms with Crippen molar-refractivity contribution >= 4 is 23.2 Å². The Balaban J connectivity index is 2.67. The molecular formula is C14H15ClF3N3O. The van der Waals surface area contributed by atoms with Crippen LogP contribution in [0.1, 0.15) is 42.0 Å². The number of carbonyl (C=O) groups excluding carboxylic acids is 1. The zero-order valence-corrected chi connectivity index (χ0v) is 12.8. The Morgan fingerprint density at radius 1 is 1.41 bits per heavy atom. The predicted octanol–water partition coefficient (Wildman–Crippen LogP) is 3.71. The third-order valence-corrected chi connectivity index (χ3v) is 3.44. The zero-order chi connectivity index (χ0) is 16.5. The molecular weight excluding hydrogens is 319 g/mol. The van der Waals surface area contributed by atoms with Gasteiger partial charge in [-0.2, -0.15) is 13.2 Å². The maximum absolute atomic E-state index is 12.9. The van der Waals surface area contributed by atoms with Crippen LogP contribution in [-0.4, -0.2) is 21.8 Å². The molecule has 0 unspecified atom stereocenters. The fourth-order valence-corrected chi connectivity index (χ4v) is 2.37. The Bertz CT molecular complexity index is 709. The second kappa shape index (κ2) is 6.16. The van der Waals surface area contributed by atoms with Gasteiger partial charge >= 0.3 is 6.18 Å². The minimum Gasteiger partial charge on any atom is -0.351 e. The molecule has 2 heterocycles. The third kappa shape index (κ3) is 3.04. The van der Waals surface area contributed by atoms with Gasteiger partial charge in [0.05, 0.1) is 16.3 Å². The summed E-state index contributed by atoms with van der Waals surface area (Å²) in [6.07, 6.45) is -2.56. The van der Waals surface area contributed by atoms with E-state index in [1.54, 1.807) is 6.92 Å². The van der Waals surface area contributed by atoms with Gasteiger partial charge in [0.25, 0.3) is 5.91 Å². The average Bonchev–Trinajstić information content (AvgIpc) is 2.83. The molecule has 0 saturated carbocycles. The van der Waals surface area contributed by atoms with Gasteiger partial charge in [0.1, 0.15) is 5.69 Å². The molecule has 1 N–H and O–H groups in total. The summed E-state index contributed by atoms with van der Waals surface area (Å²) in [7, 11) is 0. The first-order chi connectivity index (χ1) is 10.3. The molecule has 22 heavy (non-hydrogen) atoms. The van der Waals surface area contributed by atoms with E-state index in [9.17, 15) is 18.0 Å². The maximum Gasteiger partial charge on any atom is 0.417 e. The summed E-state index contributed by atoms with van der Waals surface area (Å²) >= 11 is 5.90. The van der Waals surface area contributed by atoms with E-state index in [0.29, 0.717) is 18.7 Å². The number of alkyl halides is 3. The summed E-state index contributed by atoms with van der Waals surface area (Å²) in [6, 6.07) is 0.817. The Morgan fingerprint density at radius 3 is 2.64 bits per heavy atom. The quantitative estimate of drug-likeness (QED) is 0.927. The van der Waals surface area contributed by atoms with Crippen molar-refractivity contribution in [2.24, 2.45) is 0 Å². The number of carbonyl (C=O) groups is 1. The van der Waals surface area contributed by atoms with E-state index in [2.05, 4.69) is 10.3 Å². The molecule has 0 aliphatic rings. The van der Waals surface area contributed by atoms with Crippen LogP contribution in [0, 0.1) is 0 Å². The number of amides is 1. The number of pyridine rings is 1. The minimum atomic E-state index is -4.55. The van der Waals surface area contributed by atoms with Crippen molar-refractivity contribution in [1.29, 1.82) is 0 Å². The van der Waals surface area contributed by atoms with Crippen molar-refractivity contribution in [3.63, 3.8) is 0 Å². The van der Waals surface area contributed by atoms with Crippen LogP contribution < -0.4 is 5.32 Å². The van der Waals surface area contributed by atoms with Gasteiger partial charge in [-0.3, -0.25) is 9.20 Å². The van der Waals surface area contributed by atoms with Crippen LogP contribution >= 0.6 is 11.6 Å². The summed E-state index contributed by atoms with van der Waals surface area (Å²) < 4.78 is 39.9. The van der Waals surface area contributed by atoms with Crippen molar-refractivity contribution in [2.75, 3.05) is 6.54 Å². The number of hydrogen-bond acceptors (Lipinski definition) is 2. The summed E-state index contributed by atoms with van der Waals surface area (Å²) in [4.78, 5) is 16.4. The number of hydrogen-bond donors (Lipinski definition) is 1. The summed E-state index contributed by atoms with van der Waals surface area (Å²) in [5.41, 5.74) is -0.267. The lowest BCUT2D eigenvalue weighted by atomic mass is 10.2. The molecule has 0 atom stereocenters. The highest BCUT2D eigenvalue weighted by atomic mass is 35.5. The van der Waals surface area contributed by atoms with Crippen molar-refractivity contribution in [3.8, 4) is 0 Å². The van der Waals surface area contributed by atoms with Crippen LogP contribution in [-0.2, 0) is 12.6 Å². The van der Waals surface area contributed by atoms with Gasteiger partial charge in [-0.1, -0.05) is 25.4 Å². The van der Waals surface area contributed by atoms with Gasteiger partial charge in [-0.05, 0) is 18.9 Å². The lowest BCUT2D eigenvalue weighted by Crippen LogP contribution is -2.26. The first kappa shape index (κ1) is 16.6. The summed E-state index contributed by atoms with van der Waals surface area (Å²) in [5.74, 6) is -0.457. The Morgan fingerprint density at radius 2 is 2.09 bits per heavy atom. The van der Waals surface area contributed by atoms with Crippen LogP contribution in [0.25, 0.3) is 5.65 Å². The highest BCUT2D eigenvalue weighted by molar-refractivity contribution is 6.33. The number of halogens is 4. The van der Waals surface area contributed by atoms with Crippen molar-refractivity contribution < 1.29 is 18.0 Å². The van der Waals surface area contributed by atoms with Gasteiger partial charge in [-0.15, -0.1) is 0 Å². The maximum atomic E-state index is 12.9. The molecule has 2 aromatic heterocycles. The van der Waals surface area contributed by atoms with E-state index in [0.717, 1.165) is 23.1 Å². The van der Waals surface area contributed by atoms with E-state index in [1.165, 1.54) is 0 Å². The highest BCUT2D eigenvalue weighted by Gasteiger charge is 2.33. The van der Waals surface area contributed by atoms with E-state index in [1.807, 2.05) is 6.92 Å². The molecule has 0 aromatic carbocycles. The molecule has 1 amide bonds. The zero-order valence-electron chi connectivity index (χ0n) is 12.1. The first-order valence-electron chi connectivity index (χ1n) is 6.85. The monoisotopic (exact) mass is 333 g/mol. The SMILES string of the molecule is CCCNC(=O)c1c(CC)nc2c(Cl)cc(C(F)(F)F)cn12. The van der Waals surface area contributed by atoms with Crippen LogP contribution in [0.3, 0.4) is 0 Å². The Labute approximate surface area is 130 Å². The number of fused-ring (bicyclic) bond motifs is 1. The Hall–Kier alpha value is -1.76. The number of rotatable bonds is 4. The van der Waals surface area contributed by atoms with Crippen LogP contribution in [0.2, 0.25) is 5.02 Å².